The fourth-order valence-corrected chi connectivity index (χ4v) is 7.51. The summed E-state index contributed by atoms with van der Waals surface area (Å²) in [5, 5.41) is 0.126. The maximum atomic E-state index is 6.53. The number of hydrogen-bond donors (Lipinski definition) is 0. The van der Waals surface area contributed by atoms with Crippen LogP contribution in [0, 0.1) is 18.8 Å². The number of ether oxygens (including phenoxy) is 1. The predicted molar refractivity (Wildman–Crippen MR) is 99.1 cm³/mol. The van der Waals surface area contributed by atoms with E-state index in [1.807, 2.05) is 0 Å². The van der Waals surface area contributed by atoms with Gasteiger partial charge in [0.1, 0.15) is 0 Å². The van der Waals surface area contributed by atoms with E-state index < -0.39 is 0 Å². The lowest BCUT2D eigenvalue weighted by atomic mass is 9.84. The second-order valence-electron chi connectivity index (χ2n) is 7.85. The lowest BCUT2D eigenvalue weighted by Crippen LogP contribution is -2.49. The Morgan fingerprint density at radius 1 is 1.22 bits per heavy atom. The Morgan fingerprint density at radius 3 is 2.74 bits per heavy atom. The van der Waals surface area contributed by atoms with Gasteiger partial charge in [0.25, 0.3) is 0 Å². The largest absolute Gasteiger partial charge is 0.379 e. The number of allylic oxidation sites excluding steroid dienone is 1. The predicted octanol–water partition coefficient (Wildman–Crippen LogP) is 4.20. The molecule has 4 rings (SSSR count). The van der Waals surface area contributed by atoms with Crippen molar-refractivity contribution >= 4 is 9.52 Å². The molecule has 1 nitrogen and oxygen atoms in total. The summed E-state index contributed by atoms with van der Waals surface area (Å²) in [6.07, 6.45) is 9.31. The van der Waals surface area contributed by atoms with Gasteiger partial charge >= 0.3 is 0 Å². The van der Waals surface area contributed by atoms with Crippen LogP contribution in [0.1, 0.15) is 50.5 Å². The summed E-state index contributed by atoms with van der Waals surface area (Å²) < 4.78 is 6.53. The van der Waals surface area contributed by atoms with Gasteiger partial charge in [0.2, 0.25) is 0 Å². The van der Waals surface area contributed by atoms with E-state index in [4.69, 9.17) is 11.7 Å². The first-order valence-corrected chi connectivity index (χ1v) is 11.2. The van der Waals surface area contributed by atoms with Crippen LogP contribution in [0.2, 0.25) is 0 Å². The van der Waals surface area contributed by atoms with Gasteiger partial charge in [-0.15, -0.1) is 0 Å². The molecular weight excluding hydrogens is 296 g/mol. The molecule has 0 spiro atoms. The van der Waals surface area contributed by atoms with Gasteiger partial charge < -0.3 is 4.74 Å². The highest BCUT2D eigenvalue weighted by atomic mass is 28.2. The Hall–Kier alpha value is -0.863. The normalized spacial score (nSPS) is 32.1. The summed E-state index contributed by atoms with van der Waals surface area (Å²) in [7, 11) is -0.355. The van der Waals surface area contributed by atoms with E-state index in [2.05, 4.69) is 30.3 Å². The Balaban J connectivity index is 1.54. The third kappa shape index (κ3) is 3.08. The van der Waals surface area contributed by atoms with Gasteiger partial charge in [-0.25, -0.2) is 0 Å². The van der Waals surface area contributed by atoms with E-state index >= 15 is 0 Å². The van der Waals surface area contributed by atoms with Crippen LogP contribution < -0.4 is 0 Å². The van der Waals surface area contributed by atoms with Crippen molar-refractivity contribution in [1.82, 2.24) is 0 Å². The third-order valence-electron chi connectivity index (χ3n) is 6.47. The average molecular weight is 326 g/mol. The zero-order valence-electron chi connectivity index (χ0n) is 14.2. The van der Waals surface area contributed by atoms with Crippen LogP contribution in [-0.4, -0.2) is 21.4 Å². The van der Waals surface area contributed by atoms with E-state index in [1.165, 1.54) is 56.6 Å². The van der Waals surface area contributed by atoms with Gasteiger partial charge in [0, 0.05) is 12.5 Å². The maximum absolute atomic E-state index is 6.53. The van der Waals surface area contributed by atoms with E-state index in [0.717, 1.165) is 12.5 Å². The standard InChI is InChI=1S/C21H29OSi/c1-16(20-14-18-9-10-19(20)13-18)21(11-5-6-12-22-21)23-15-17-7-3-2-4-8-17/h2-4,7-8,16,18H,1,5-6,9-15,23H2. The van der Waals surface area contributed by atoms with Gasteiger partial charge in [-0.3, -0.25) is 0 Å². The minimum atomic E-state index is -0.355. The number of rotatable bonds is 5. The van der Waals surface area contributed by atoms with Crippen LogP contribution >= 0.6 is 0 Å². The highest BCUT2D eigenvalue weighted by Crippen LogP contribution is 2.50. The van der Waals surface area contributed by atoms with Crippen molar-refractivity contribution in [2.45, 2.75) is 56.2 Å². The summed E-state index contributed by atoms with van der Waals surface area (Å²) in [6.45, 7) is 5.66. The molecule has 0 amide bonds. The molecule has 1 aromatic carbocycles. The first-order chi connectivity index (χ1) is 11.3. The molecular formula is C21H29OSi. The average Bonchev–Trinajstić information content (AvgIpc) is 3.24. The van der Waals surface area contributed by atoms with Crippen LogP contribution in [0.3, 0.4) is 0 Å². The van der Waals surface area contributed by atoms with Crippen molar-refractivity contribution in [3.63, 3.8) is 0 Å². The molecule has 23 heavy (non-hydrogen) atoms. The monoisotopic (exact) mass is 325 g/mol. The van der Waals surface area contributed by atoms with E-state index in [-0.39, 0.29) is 14.7 Å². The SMILES string of the molecule is [CH2]C(C1=C2CCC(C2)C1)C1([SiH2]Cc2ccccc2)CCCCO1. The zero-order chi connectivity index (χ0) is 15.7. The number of fused-ring (bicyclic) bond motifs is 2. The summed E-state index contributed by atoms with van der Waals surface area (Å²) in [5.74, 6) is 1.37. The van der Waals surface area contributed by atoms with Crippen LogP contribution in [0.4, 0.5) is 0 Å². The van der Waals surface area contributed by atoms with Crippen molar-refractivity contribution < 1.29 is 4.74 Å². The summed E-state index contributed by atoms with van der Waals surface area (Å²) in [5.41, 5.74) is 4.96. The molecule has 3 atom stereocenters. The van der Waals surface area contributed by atoms with Crippen molar-refractivity contribution in [3.8, 4) is 0 Å². The molecule has 1 aliphatic heterocycles. The fourth-order valence-electron chi connectivity index (χ4n) is 5.08. The zero-order valence-corrected chi connectivity index (χ0v) is 15.6. The lowest BCUT2D eigenvalue weighted by Gasteiger charge is -2.44. The Labute approximate surface area is 143 Å². The molecule has 1 radical (unpaired) electrons. The number of hydrogen-bond acceptors (Lipinski definition) is 1. The molecule has 123 valence electrons. The molecule has 1 heterocycles. The minimum Gasteiger partial charge on any atom is -0.379 e. The van der Waals surface area contributed by atoms with Crippen molar-refractivity contribution in [1.29, 1.82) is 0 Å². The molecule has 3 unspecified atom stereocenters. The lowest BCUT2D eigenvalue weighted by molar-refractivity contribution is -0.0402. The van der Waals surface area contributed by atoms with Crippen LogP contribution in [0.5, 0.6) is 0 Å². The van der Waals surface area contributed by atoms with Crippen molar-refractivity contribution in [3.05, 3.63) is 54.0 Å². The quantitative estimate of drug-likeness (QED) is 0.582. The Bertz CT molecular complexity index is 571. The molecule has 0 aromatic heterocycles. The van der Waals surface area contributed by atoms with Gasteiger partial charge in [0.05, 0.1) is 14.7 Å². The Kier molecular flexibility index (Phi) is 4.47. The van der Waals surface area contributed by atoms with Crippen molar-refractivity contribution in [2.24, 2.45) is 11.8 Å². The van der Waals surface area contributed by atoms with E-state index in [1.54, 1.807) is 11.1 Å². The molecule has 2 aliphatic carbocycles. The summed E-state index contributed by atoms with van der Waals surface area (Å²) >= 11 is 0. The Morgan fingerprint density at radius 2 is 2.09 bits per heavy atom. The highest BCUT2D eigenvalue weighted by Gasteiger charge is 2.44. The topological polar surface area (TPSA) is 9.23 Å². The summed E-state index contributed by atoms with van der Waals surface area (Å²) in [6, 6.07) is 12.3. The first kappa shape index (κ1) is 15.7. The molecule has 2 bridgehead atoms. The fraction of sp³-hybridized carbons (Fsp3) is 0.571. The van der Waals surface area contributed by atoms with Gasteiger partial charge in [-0.2, -0.15) is 0 Å². The van der Waals surface area contributed by atoms with Gasteiger partial charge in [-0.1, -0.05) is 47.0 Å². The summed E-state index contributed by atoms with van der Waals surface area (Å²) in [4.78, 5) is 0. The number of benzene rings is 1. The molecule has 0 N–H and O–H groups in total. The highest BCUT2D eigenvalue weighted by molar-refractivity contribution is 6.39. The van der Waals surface area contributed by atoms with E-state index in [0.29, 0.717) is 5.92 Å². The second-order valence-corrected chi connectivity index (χ2v) is 10.0. The molecule has 1 saturated carbocycles. The van der Waals surface area contributed by atoms with Crippen LogP contribution in [-0.2, 0) is 10.8 Å². The van der Waals surface area contributed by atoms with Crippen LogP contribution in [0.15, 0.2) is 41.5 Å². The first-order valence-electron chi connectivity index (χ1n) is 9.49. The van der Waals surface area contributed by atoms with Gasteiger partial charge in [0.15, 0.2) is 0 Å². The molecule has 1 saturated heterocycles. The third-order valence-corrected chi connectivity index (χ3v) is 9.20. The molecule has 2 fully saturated rings. The van der Waals surface area contributed by atoms with Gasteiger partial charge in [-0.05, 0) is 63.8 Å². The van der Waals surface area contributed by atoms with E-state index in [9.17, 15) is 0 Å². The van der Waals surface area contributed by atoms with Crippen molar-refractivity contribution in [2.75, 3.05) is 6.61 Å². The smallest absolute Gasteiger partial charge is 0.0646 e. The second kappa shape index (κ2) is 6.56. The maximum Gasteiger partial charge on any atom is 0.0646 e. The molecule has 3 aliphatic rings. The molecule has 2 heteroatoms. The molecule has 1 aromatic rings. The van der Waals surface area contributed by atoms with Crippen LogP contribution in [0.25, 0.3) is 0 Å². The minimum absolute atomic E-state index is 0.126.